The Morgan fingerprint density at radius 1 is 0.333 bits per heavy atom. The molecule has 6 aromatic rings. The van der Waals surface area contributed by atoms with Crippen LogP contribution in [-0.2, 0) is 38.9 Å². The topological polar surface area (TPSA) is 37.4 Å². The molecule has 1 heterocycles. The van der Waals surface area contributed by atoms with E-state index in [2.05, 4.69) is 178 Å². The van der Waals surface area contributed by atoms with Gasteiger partial charge in [-0.1, -0.05) is 127 Å². The van der Waals surface area contributed by atoms with Crippen LogP contribution in [0.15, 0.2) is 164 Å². The van der Waals surface area contributed by atoms with Crippen molar-refractivity contribution in [2.24, 2.45) is 0 Å². The maximum absolute atomic E-state index is 5.59. The second-order valence-electron chi connectivity index (χ2n) is 15.4. The molecule has 0 unspecified atom stereocenters. The van der Waals surface area contributed by atoms with Crippen LogP contribution in [0.5, 0.6) is 17.2 Å². The minimum absolute atomic E-state index is 0.232. The predicted molar refractivity (Wildman–Crippen MR) is 232 cm³/mol. The minimum atomic E-state index is 0.232. The van der Waals surface area contributed by atoms with Crippen molar-refractivity contribution in [2.75, 3.05) is 41.0 Å². The molecule has 6 nitrogen and oxygen atoms in total. The van der Waals surface area contributed by atoms with E-state index in [1.807, 2.05) is 0 Å². The van der Waals surface area contributed by atoms with Gasteiger partial charge >= 0.3 is 0 Å². The zero-order valence-electron chi connectivity index (χ0n) is 33.8. The number of methoxy groups -OCH3 is 3. The molecule has 0 spiro atoms. The summed E-state index contributed by atoms with van der Waals surface area (Å²) in [5.41, 5.74) is 7.95. The Morgan fingerprint density at radius 3 is 0.807 bits per heavy atom. The molecule has 294 valence electrons. The number of hydrogen-bond donors (Lipinski definition) is 0. The van der Waals surface area contributed by atoms with Crippen molar-refractivity contribution in [2.45, 2.75) is 57.0 Å². The van der Waals surface area contributed by atoms with Crippen LogP contribution < -0.4 is 14.2 Å². The Morgan fingerprint density at radius 2 is 0.579 bits per heavy atom. The molecular formula is C51H57N3O3. The third-order valence-corrected chi connectivity index (χ3v) is 11.5. The molecule has 57 heavy (non-hydrogen) atoms. The monoisotopic (exact) mass is 759 g/mol. The van der Waals surface area contributed by atoms with Crippen LogP contribution in [0, 0.1) is 0 Å². The highest BCUT2D eigenvalue weighted by atomic mass is 16.5. The molecule has 3 atom stereocenters. The van der Waals surface area contributed by atoms with Gasteiger partial charge < -0.3 is 14.2 Å². The summed E-state index contributed by atoms with van der Waals surface area (Å²) in [6.07, 6.45) is 2.77. The van der Waals surface area contributed by atoms with Gasteiger partial charge in [0.05, 0.1) is 21.3 Å². The summed E-state index contributed by atoms with van der Waals surface area (Å²) in [7, 11) is 5.22. The molecule has 0 radical (unpaired) electrons. The molecule has 1 aliphatic heterocycles. The van der Waals surface area contributed by atoms with Crippen LogP contribution in [-0.4, -0.2) is 73.8 Å². The predicted octanol–water partition coefficient (Wildman–Crippen LogP) is 9.37. The van der Waals surface area contributed by atoms with Crippen molar-refractivity contribution in [3.05, 3.63) is 197 Å². The molecule has 1 saturated heterocycles. The van der Waals surface area contributed by atoms with E-state index in [1.165, 1.54) is 33.4 Å². The van der Waals surface area contributed by atoms with Crippen LogP contribution in [0.4, 0.5) is 0 Å². The van der Waals surface area contributed by atoms with Crippen LogP contribution in [0.2, 0.25) is 0 Å². The lowest BCUT2D eigenvalue weighted by atomic mass is 9.99. The minimum Gasteiger partial charge on any atom is -0.497 e. The SMILES string of the molecule is COc1ccc(C[C@H]2CN(Cc3ccccc3)[C@@H](Cc3ccc(OC)cc3)CN(Cc3ccccc3)[C@@H](Cc3ccc(OC)cc3)CN2Cc2ccccc2)cc1. The van der Waals surface area contributed by atoms with Crippen molar-refractivity contribution >= 4 is 0 Å². The third-order valence-electron chi connectivity index (χ3n) is 11.5. The summed E-state index contributed by atoms with van der Waals surface area (Å²) >= 11 is 0. The normalized spacial score (nSPS) is 18.3. The summed E-state index contributed by atoms with van der Waals surface area (Å²) in [4.78, 5) is 8.37. The van der Waals surface area contributed by atoms with Crippen molar-refractivity contribution in [3.8, 4) is 17.2 Å². The van der Waals surface area contributed by atoms with Crippen LogP contribution in [0.25, 0.3) is 0 Å². The molecule has 6 heteroatoms. The largest absolute Gasteiger partial charge is 0.497 e. The summed E-state index contributed by atoms with van der Waals surface area (Å²) in [6, 6.07) is 59.9. The van der Waals surface area contributed by atoms with Gasteiger partial charge in [-0.15, -0.1) is 0 Å². The summed E-state index contributed by atoms with van der Waals surface area (Å²) in [6.45, 7) is 5.35. The van der Waals surface area contributed by atoms with Gasteiger partial charge in [-0.2, -0.15) is 0 Å². The first-order valence-corrected chi connectivity index (χ1v) is 20.3. The Balaban J connectivity index is 1.36. The summed E-state index contributed by atoms with van der Waals surface area (Å²) in [5, 5.41) is 0. The van der Waals surface area contributed by atoms with E-state index in [-0.39, 0.29) is 18.1 Å². The average Bonchev–Trinajstić information content (AvgIpc) is 3.30. The van der Waals surface area contributed by atoms with Gasteiger partial charge in [-0.25, -0.2) is 0 Å². The molecule has 0 saturated carbocycles. The molecular weight excluding hydrogens is 703 g/mol. The van der Waals surface area contributed by atoms with E-state index in [4.69, 9.17) is 14.2 Å². The maximum Gasteiger partial charge on any atom is 0.118 e. The molecule has 0 N–H and O–H groups in total. The lowest BCUT2D eigenvalue weighted by Crippen LogP contribution is -2.49. The standard InChI is InChI=1S/C51H57N3O3/c1-55-49-25-19-40(20-26-49)31-46-37-53(35-44-15-9-5-10-16-44)48(33-42-23-29-51(57-3)30-24-42)39-54(36-45-17-11-6-12-18-45)47(32-41-21-27-50(56-2)28-22-41)38-52(46)34-43-13-7-4-8-14-43/h4-30,46-48H,31-39H2,1-3H3/t46-,47-,48-/m0/s1. The Bertz CT molecular complexity index is 1800. The van der Waals surface area contributed by atoms with Gasteiger partial charge in [0.1, 0.15) is 17.2 Å². The van der Waals surface area contributed by atoms with Crippen LogP contribution in [0.3, 0.4) is 0 Å². The van der Waals surface area contributed by atoms with Crippen LogP contribution in [0.1, 0.15) is 33.4 Å². The van der Waals surface area contributed by atoms with Gasteiger partial charge in [0.15, 0.2) is 0 Å². The highest BCUT2D eigenvalue weighted by Gasteiger charge is 2.35. The van der Waals surface area contributed by atoms with Crippen molar-refractivity contribution in [1.29, 1.82) is 0 Å². The molecule has 0 amide bonds. The van der Waals surface area contributed by atoms with Crippen molar-refractivity contribution in [1.82, 2.24) is 14.7 Å². The van der Waals surface area contributed by atoms with Crippen molar-refractivity contribution < 1.29 is 14.2 Å². The van der Waals surface area contributed by atoms with E-state index >= 15 is 0 Å². The zero-order valence-corrected chi connectivity index (χ0v) is 33.8. The number of rotatable bonds is 15. The molecule has 7 rings (SSSR count). The lowest BCUT2D eigenvalue weighted by Gasteiger charge is -2.38. The fourth-order valence-corrected chi connectivity index (χ4v) is 8.32. The molecule has 1 aliphatic rings. The van der Waals surface area contributed by atoms with E-state index in [0.29, 0.717) is 0 Å². The van der Waals surface area contributed by atoms with Gasteiger partial charge in [-0.3, -0.25) is 14.7 Å². The Labute approximate surface area is 340 Å². The van der Waals surface area contributed by atoms with Crippen molar-refractivity contribution in [3.63, 3.8) is 0 Å². The van der Waals surface area contributed by atoms with E-state index in [1.54, 1.807) is 21.3 Å². The molecule has 0 aromatic heterocycles. The second-order valence-corrected chi connectivity index (χ2v) is 15.4. The number of benzene rings is 6. The highest BCUT2D eigenvalue weighted by molar-refractivity contribution is 5.31. The first-order chi connectivity index (χ1) is 28.0. The second kappa shape index (κ2) is 20.1. The molecule has 0 aliphatic carbocycles. The van der Waals surface area contributed by atoms with Gasteiger partial charge in [-0.05, 0) is 89.0 Å². The summed E-state index contributed by atoms with van der Waals surface area (Å²) in [5.74, 6) is 2.65. The number of hydrogen-bond acceptors (Lipinski definition) is 6. The fourth-order valence-electron chi connectivity index (χ4n) is 8.32. The first kappa shape index (κ1) is 39.8. The maximum atomic E-state index is 5.59. The smallest absolute Gasteiger partial charge is 0.118 e. The van der Waals surface area contributed by atoms with E-state index < -0.39 is 0 Å². The third kappa shape index (κ3) is 11.4. The Kier molecular flexibility index (Phi) is 14.1. The highest BCUT2D eigenvalue weighted by Crippen LogP contribution is 2.28. The van der Waals surface area contributed by atoms with Gasteiger partial charge in [0.25, 0.3) is 0 Å². The van der Waals surface area contributed by atoms with Gasteiger partial charge in [0.2, 0.25) is 0 Å². The quantitative estimate of drug-likeness (QED) is 0.104. The first-order valence-electron chi connectivity index (χ1n) is 20.3. The molecule has 1 fully saturated rings. The number of nitrogens with zero attached hydrogens (tertiary/aromatic N) is 3. The number of ether oxygens (including phenoxy) is 3. The van der Waals surface area contributed by atoms with Crippen LogP contribution >= 0.6 is 0 Å². The fraction of sp³-hybridized carbons (Fsp3) is 0.294. The molecule has 6 aromatic carbocycles. The molecule has 0 bridgehead atoms. The average molecular weight is 760 g/mol. The summed E-state index contributed by atoms with van der Waals surface area (Å²) < 4.78 is 16.8. The van der Waals surface area contributed by atoms with E-state index in [9.17, 15) is 0 Å². The Hall–Kier alpha value is -5.40. The lowest BCUT2D eigenvalue weighted by molar-refractivity contribution is 0.108. The van der Waals surface area contributed by atoms with E-state index in [0.717, 1.165) is 75.8 Å². The van der Waals surface area contributed by atoms with Gasteiger partial charge in [0, 0.05) is 57.4 Å². The zero-order chi connectivity index (χ0) is 39.2.